The van der Waals surface area contributed by atoms with Gasteiger partial charge in [-0.25, -0.2) is 0 Å². The van der Waals surface area contributed by atoms with Crippen molar-refractivity contribution in [2.45, 2.75) is 58.9 Å². The zero-order chi connectivity index (χ0) is 24.5. The minimum Gasteiger partial charge on any atom is -0.492 e. The van der Waals surface area contributed by atoms with Crippen LogP contribution in [0.15, 0.2) is 47.4 Å². The van der Waals surface area contributed by atoms with E-state index >= 15 is 0 Å². The van der Waals surface area contributed by atoms with Crippen molar-refractivity contribution >= 4 is 34.7 Å². The van der Waals surface area contributed by atoms with Gasteiger partial charge in [-0.3, -0.25) is 14.5 Å². The maximum atomic E-state index is 12.9. The van der Waals surface area contributed by atoms with Gasteiger partial charge >= 0.3 is 0 Å². The van der Waals surface area contributed by atoms with Gasteiger partial charge < -0.3 is 9.64 Å². The standard InChI is InChI=1S/C28H34N2O3S/c1-6-13-30-24-12-9-21(16-23(24)20(3)18-28(30,4)5)17-25-26(31)29(27(32)34-25)14-15-33-22-10-7-19(2)8-11-22/h7-12,16-17,20H,6,13-15,18H2,1-5H3/b25-17+. The Morgan fingerprint density at radius 2 is 1.85 bits per heavy atom. The summed E-state index contributed by atoms with van der Waals surface area (Å²) in [5, 5.41) is -0.244. The van der Waals surface area contributed by atoms with Crippen LogP contribution in [0, 0.1) is 6.92 Å². The van der Waals surface area contributed by atoms with E-state index < -0.39 is 0 Å². The fourth-order valence-electron chi connectivity index (χ4n) is 4.98. The molecule has 2 aliphatic heterocycles. The van der Waals surface area contributed by atoms with Crippen LogP contribution in [0.3, 0.4) is 0 Å². The van der Waals surface area contributed by atoms with Crippen LogP contribution in [0.1, 0.15) is 63.1 Å². The summed E-state index contributed by atoms with van der Waals surface area (Å²) in [6.07, 6.45) is 4.03. The first-order valence-corrected chi connectivity index (χ1v) is 12.9. The lowest BCUT2D eigenvalue weighted by Crippen LogP contribution is -2.48. The van der Waals surface area contributed by atoms with E-state index in [1.54, 1.807) is 0 Å². The van der Waals surface area contributed by atoms with E-state index in [0.717, 1.165) is 48.0 Å². The lowest BCUT2D eigenvalue weighted by Gasteiger charge is -2.47. The van der Waals surface area contributed by atoms with E-state index in [0.29, 0.717) is 10.8 Å². The molecule has 1 fully saturated rings. The number of rotatable bonds is 7. The number of aryl methyl sites for hydroxylation is 1. The van der Waals surface area contributed by atoms with Crippen molar-refractivity contribution in [1.29, 1.82) is 0 Å². The van der Waals surface area contributed by atoms with Gasteiger partial charge in [0.05, 0.1) is 11.4 Å². The van der Waals surface area contributed by atoms with Gasteiger partial charge in [-0.15, -0.1) is 0 Å². The van der Waals surface area contributed by atoms with Crippen LogP contribution in [-0.2, 0) is 4.79 Å². The molecule has 1 saturated heterocycles. The fraction of sp³-hybridized carbons (Fsp3) is 0.429. The third kappa shape index (κ3) is 5.02. The second kappa shape index (κ2) is 9.87. The molecule has 4 rings (SSSR count). The molecule has 1 unspecified atom stereocenters. The van der Waals surface area contributed by atoms with Gasteiger partial charge in [0.1, 0.15) is 12.4 Å². The summed E-state index contributed by atoms with van der Waals surface area (Å²) in [5.41, 5.74) is 4.83. The third-order valence-electron chi connectivity index (χ3n) is 6.63. The second-order valence-corrected chi connectivity index (χ2v) is 10.9. The molecule has 0 saturated carbocycles. The van der Waals surface area contributed by atoms with Crippen LogP contribution >= 0.6 is 11.8 Å². The molecule has 180 valence electrons. The first-order valence-electron chi connectivity index (χ1n) is 12.1. The van der Waals surface area contributed by atoms with Crippen LogP contribution in [0.25, 0.3) is 6.08 Å². The molecule has 2 amide bonds. The Balaban J connectivity index is 1.48. The Morgan fingerprint density at radius 3 is 2.56 bits per heavy atom. The molecule has 34 heavy (non-hydrogen) atoms. The number of carbonyl (C=O) groups is 2. The van der Waals surface area contributed by atoms with Gasteiger partial charge in [-0.1, -0.05) is 37.6 Å². The lowest BCUT2D eigenvalue weighted by molar-refractivity contribution is -0.123. The topological polar surface area (TPSA) is 49.9 Å². The van der Waals surface area contributed by atoms with Crippen molar-refractivity contribution in [2.75, 3.05) is 24.6 Å². The predicted octanol–water partition coefficient (Wildman–Crippen LogP) is 6.61. The van der Waals surface area contributed by atoms with Crippen LogP contribution < -0.4 is 9.64 Å². The van der Waals surface area contributed by atoms with Crippen molar-refractivity contribution in [1.82, 2.24) is 4.90 Å². The minimum atomic E-state index is -0.248. The van der Waals surface area contributed by atoms with E-state index in [1.807, 2.05) is 37.3 Å². The lowest BCUT2D eigenvalue weighted by atomic mass is 9.79. The fourth-order valence-corrected chi connectivity index (χ4v) is 5.84. The molecule has 0 N–H and O–H groups in total. The van der Waals surface area contributed by atoms with Gasteiger partial charge in [0.15, 0.2) is 0 Å². The smallest absolute Gasteiger partial charge is 0.293 e. The van der Waals surface area contributed by atoms with Gasteiger partial charge in [-0.2, -0.15) is 0 Å². The number of ether oxygens (including phenoxy) is 1. The molecule has 5 nitrogen and oxygen atoms in total. The quantitative estimate of drug-likeness (QED) is 0.419. The SMILES string of the molecule is CCCN1c2ccc(/C=C3/SC(=O)N(CCOc4ccc(C)cc4)C3=O)cc2C(C)CC1(C)C. The number of imide groups is 1. The molecule has 0 radical (unpaired) electrons. The number of nitrogens with zero attached hydrogens (tertiary/aromatic N) is 2. The molecule has 0 bridgehead atoms. The number of hydrogen-bond donors (Lipinski definition) is 0. The molecule has 2 heterocycles. The monoisotopic (exact) mass is 478 g/mol. The van der Waals surface area contributed by atoms with Crippen molar-refractivity contribution in [2.24, 2.45) is 0 Å². The Morgan fingerprint density at radius 1 is 1.12 bits per heavy atom. The molecule has 6 heteroatoms. The Bertz CT molecular complexity index is 1110. The van der Waals surface area contributed by atoms with Gasteiger partial charge in [0.25, 0.3) is 11.1 Å². The molecule has 0 spiro atoms. The van der Waals surface area contributed by atoms with Crippen molar-refractivity contribution < 1.29 is 14.3 Å². The summed E-state index contributed by atoms with van der Waals surface area (Å²) >= 11 is 1.00. The average Bonchev–Trinajstić information content (AvgIpc) is 3.05. The van der Waals surface area contributed by atoms with E-state index in [4.69, 9.17) is 4.74 Å². The third-order valence-corrected chi connectivity index (χ3v) is 7.54. The molecular weight excluding hydrogens is 444 g/mol. The normalized spacial score (nSPS) is 20.7. The van der Waals surface area contributed by atoms with E-state index in [-0.39, 0.29) is 29.8 Å². The van der Waals surface area contributed by atoms with Crippen molar-refractivity contribution in [3.8, 4) is 5.75 Å². The van der Waals surface area contributed by atoms with Crippen LogP contribution in [0.5, 0.6) is 5.75 Å². The Hall–Kier alpha value is -2.73. The van der Waals surface area contributed by atoms with E-state index in [1.165, 1.54) is 16.2 Å². The van der Waals surface area contributed by atoms with E-state index in [2.05, 4.69) is 50.8 Å². The van der Waals surface area contributed by atoms with Crippen LogP contribution in [0.2, 0.25) is 0 Å². The highest BCUT2D eigenvalue weighted by atomic mass is 32.2. The number of thioether (sulfide) groups is 1. The predicted molar refractivity (Wildman–Crippen MR) is 141 cm³/mol. The minimum absolute atomic E-state index is 0.118. The van der Waals surface area contributed by atoms with Crippen LogP contribution in [-0.4, -0.2) is 41.3 Å². The van der Waals surface area contributed by atoms with Gasteiger partial charge in [0, 0.05) is 17.8 Å². The highest BCUT2D eigenvalue weighted by molar-refractivity contribution is 8.18. The maximum absolute atomic E-state index is 12.9. The molecular formula is C28H34N2O3S. The first-order chi connectivity index (χ1) is 16.2. The van der Waals surface area contributed by atoms with Gasteiger partial charge in [-0.05, 0) is 92.8 Å². The highest BCUT2D eigenvalue weighted by Crippen LogP contribution is 2.44. The summed E-state index contributed by atoms with van der Waals surface area (Å²) in [5.74, 6) is 0.916. The van der Waals surface area contributed by atoms with Crippen molar-refractivity contribution in [3.63, 3.8) is 0 Å². The zero-order valence-corrected chi connectivity index (χ0v) is 21.6. The summed E-state index contributed by atoms with van der Waals surface area (Å²) < 4.78 is 5.71. The maximum Gasteiger partial charge on any atom is 0.293 e. The molecule has 2 aliphatic rings. The number of carbonyl (C=O) groups excluding carboxylic acids is 2. The van der Waals surface area contributed by atoms with Gasteiger partial charge in [0.2, 0.25) is 0 Å². The molecule has 0 aromatic heterocycles. The van der Waals surface area contributed by atoms with Crippen LogP contribution in [0.4, 0.5) is 10.5 Å². The molecule has 2 aromatic carbocycles. The highest BCUT2D eigenvalue weighted by Gasteiger charge is 2.37. The number of hydrogen-bond acceptors (Lipinski definition) is 5. The zero-order valence-electron chi connectivity index (χ0n) is 20.8. The molecule has 0 aliphatic carbocycles. The summed E-state index contributed by atoms with van der Waals surface area (Å²) in [6, 6.07) is 14.1. The largest absolute Gasteiger partial charge is 0.492 e. The number of amides is 2. The summed E-state index contributed by atoms with van der Waals surface area (Å²) in [6.45, 7) is 12.7. The second-order valence-electron chi connectivity index (χ2n) is 9.88. The molecule has 2 aromatic rings. The summed E-state index contributed by atoms with van der Waals surface area (Å²) in [7, 11) is 0. The van der Waals surface area contributed by atoms with E-state index in [9.17, 15) is 9.59 Å². The number of fused-ring (bicyclic) bond motifs is 1. The average molecular weight is 479 g/mol. The summed E-state index contributed by atoms with van der Waals surface area (Å²) in [4.78, 5) is 29.7. The number of anilines is 1. The number of benzene rings is 2. The Kier molecular flexibility index (Phi) is 7.08. The van der Waals surface area contributed by atoms with Crippen molar-refractivity contribution in [3.05, 3.63) is 64.1 Å². The first kappa shape index (κ1) is 24.4. The molecule has 1 atom stereocenters. The Labute approximate surface area is 207 Å².